The fourth-order valence-corrected chi connectivity index (χ4v) is 7.47. The largest absolute Gasteiger partial charge is 0.462 e. The second-order valence-corrected chi connectivity index (χ2v) is 18.1. The molecule has 0 saturated heterocycles. The molecule has 0 amide bonds. The van der Waals surface area contributed by atoms with Gasteiger partial charge in [-0.25, -0.2) is 0 Å². The molecule has 0 aliphatic heterocycles. The first kappa shape index (κ1) is 61.9. The Morgan fingerprint density at radius 3 is 0.985 bits per heavy atom. The zero-order chi connectivity index (χ0) is 47.2. The number of hydrogen-bond acceptors (Lipinski definition) is 6. The lowest BCUT2D eigenvalue weighted by molar-refractivity contribution is -0.167. The van der Waals surface area contributed by atoms with Gasteiger partial charge in [0.2, 0.25) is 0 Å². The third kappa shape index (κ3) is 51.7. The standard InChI is InChI=1S/C59H102O6/c1-4-7-10-13-16-19-22-24-26-27-28-29-30-31-32-33-34-36-37-40-43-46-49-52-58(61)64-55-56(54-63-57(60)51-48-45-42-39-21-18-15-12-9-6-3)65-59(62)53-50-47-44-41-38-35-25-23-20-17-14-11-8-5-2/h12,14-15,17,22-25,27-28,30-31,56H,4-11,13,16,18-21,26,29,32-55H2,1-3H3/b15-12-,17-14-,24-22-,25-23-,28-27-,31-30-. The first-order valence-electron chi connectivity index (χ1n) is 27.4. The van der Waals surface area contributed by atoms with Gasteiger partial charge in [0, 0.05) is 19.3 Å². The van der Waals surface area contributed by atoms with Gasteiger partial charge in [-0.3, -0.25) is 14.4 Å². The quantitative estimate of drug-likeness (QED) is 0.0262. The molecule has 0 aromatic carbocycles. The van der Waals surface area contributed by atoms with Crippen molar-refractivity contribution in [3.05, 3.63) is 72.9 Å². The van der Waals surface area contributed by atoms with Crippen molar-refractivity contribution in [1.29, 1.82) is 0 Å². The molecule has 0 rings (SSSR count). The summed E-state index contributed by atoms with van der Waals surface area (Å²) in [5.74, 6) is -0.917. The van der Waals surface area contributed by atoms with Crippen LogP contribution in [-0.4, -0.2) is 37.2 Å². The summed E-state index contributed by atoms with van der Waals surface area (Å²) in [6.07, 6.45) is 67.5. The first-order valence-corrected chi connectivity index (χ1v) is 27.4. The predicted octanol–water partition coefficient (Wildman–Crippen LogP) is 18.2. The Kier molecular flexibility index (Phi) is 50.9. The van der Waals surface area contributed by atoms with E-state index in [1.165, 1.54) is 109 Å². The van der Waals surface area contributed by atoms with E-state index in [1.807, 2.05) is 0 Å². The van der Waals surface area contributed by atoms with Crippen molar-refractivity contribution >= 4 is 17.9 Å². The zero-order valence-electron chi connectivity index (χ0n) is 42.7. The Balaban J connectivity index is 4.31. The average Bonchev–Trinajstić information content (AvgIpc) is 3.30. The Morgan fingerprint density at radius 2 is 0.600 bits per heavy atom. The molecule has 0 aromatic heterocycles. The Morgan fingerprint density at radius 1 is 0.308 bits per heavy atom. The normalized spacial score (nSPS) is 12.6. The van der Waals surface area contributed by atoms with Gasteiger partial charge in [0.05, 0.1) is 0 Å². The maximum Gasteiger partial charge on any atom is 0.306 e. The van der Waals surface area contributed by atoms with E-state index in [0.29, 0.717) is 19.3 Å². The van der Waals surface area contributed by atoms with E-state index in [9.17, 15) is 14.4 Å². The van der Waals surface area contributed by atoms with Crippen molar-refractivity contribution in [2.24, 2.45) is 0 Å². The van der Waals surface area contributed by atoms with E-state index in [0.717, 1.165) is 116 Å². The van der Waals surface area contributed by atoms with Crippen LogP contribution in [0.5, 0.6) is 0 Å². The number of rotatable bonds is 49. The van der Waals surface area contributed by atoms with Crippen LogP contribution in [0.25, 0.3) is 0 Å². The van der Waals surface area contributed by atoms with Gasteiger partial charge >= 0.3 is 17.9 Å². The van der Waals surface area contributed by atoms with Gasteiger partial charge in [-0.05, 0) is 103 Å². The van der Waals surface area contributed by atoms with E-state index in [4.69, 9.17) is 14.2 Å². The Hall–Kier alpha value is -3.15. The molecule has 0 saturated carbocycles. The molecule has 1 unspecified atom stereocenters. The summed E-state index contributed by atoms with van der Waals surface area (Å²) in [4.78, 5) is 38.0. The first-order chi connectivity index (χ1) is 32.0. The molecule has 0 N–H and O–H groups in total. The van der Waals surface area contributed by atoms with Crippen LogP contribution >= 0.6 is 0 Å². The number of carbonyl (C=O) groups excluding carboxylic acids is 3. The molecule has 0 spiro atoms. The molecule has 6 nitrogen and oxygen atoms in total. The van der Waals surface area contributed by atoms with Crippen molar-refractivity contribution in [1.82, 2.24) is 0 Å². The smallest absolute Gasteiger partial charge is 0.306 e. The second kappa shape index (κ2) is 53.5. The monoisotopic (exact) mass is 907 g/mol. The van der Waals surface area contributed by atoms with Crippen molar-refractivity contribution < 1.29 is 28.6 Å². The maximum atomic E-state index is 12.8. The van der Waals surface area contributed by atoms with Crippen LogP contribution in [0.15, 0.2) is 72.9 Å². The van der Waals surface area contributed by atoms with Crippen LogP contribution in [0.4, 0.5) is 0 Å². The maximum absolute atomic E-state index is 12.8. The van der Waals surface area contributed by atoms with E-state index < -0.39 is 6.10 Å². The summed E-state index contributed by atoms with van der Waals surface area (Å²) in [5.41, 5.74) is 0. The van der Waals surface area contributed by atoms with Gasteiger partial charge in [-0.1, -0.05) is 216 Å². The fourth-order valence-electron chi connectivity index (χ4n) is 7.47. The molecule has 65 heavy (non-hydrogen) atoms. The molecule has 1 atom stereocenters. The Labute approximate surface area is 402 Å². The fraction of sp³-hybridized carbons (Fsp3) is 0.746. The molecule has 0 aliphatic carbocycles. The molecule has 0 aliphatic rings. The van der Waals surface area contributed by atoms with Crippen molar-refractivity contribution in [2.75, 3.05) is 13.2 Å². The molecular weight excluding hydrogens is 805 g/mol. The highest BCUT2D eigenvalue weighted by molar-refractivity contribution is 5.71. The highest BCUT2D eigenvalue weighted by Crippen LogP contribution is 2.14. The third-order valence-electron chi connectivity index (χ3n) is 11.6. The summed E-state index contributed by atoms with van der Waals surface area (Å²) in [7, 11) is 0. The number of carbonyl (C=O) groups is 3. The minimum atomic E-state index is -0.788. The minimum Gasteiger partial charge on any atom is -0.462 e. The van der Waals surface area contributed by atoms with E-state index in [-0.39, 0.29) is 31.1 Å². The number of ether oxygens (including phenoxy) is 3. The summed E-state index contributed by atoms with van der Waals surface area (Å²) in [6, 6.07) is 0. The lowest BCUT2D eigenvalue weighted by atomic mass is 10.1. The van der Waals surface area contributed by atoms with Crippen LogP contribution in [0.1, 0.15) is 265 Å². The number of allylic oxidation sites excluding steroid dienone is 12. The molecule has 0 aromatic rings. The van der Waals surface area contributed by atoms with E-state index >= 15 is 0 Å². The van der Waals surface area contributed by atoms with E-state index in [1.54, 1.807) is 0 Å². The molecule has 0 heterocycles. The van der Waals surface area contributed by atoms with Crippen molar-refractivity contribution in [3.8, 4) is 0 Å². The third-order valence-corrected chi connectivity index (χ3v) is 11.6. The van der Waals surface area contributed by atoms with Crippen LogP contribution in [0.2, 0.25) is 0 Å². The SMILES string of the molecule is CCC/C=C\CCCCCCCC(=O)OCC(COC(=O)CCCCCCCCCC/C=C\C/C=C\C/C=C\CCCCCCC)OC(=O)CCCCCCC/C=C\C/C=C\CCCC. The van der Waals surface area contributed by atoms with Gasteiger partial charge in [0.25, 0.3) is 0 Å². The zero-order valence-corrected chi connectivity index (χ0v) is 42.7. The molecule has 0 bridgehead atoms. The van der Waals surface area contributed by atoms with Gasteiger partial charge in [-0.15, -0.1) is 0 Å². The highest BCUT2D eigenvalue weighted by atomic mass is 16.6. The summed E-state index contributed by atoms with van der Waals surface area (Å²) < 4.78 is 16.8. The van der Waals surface area contributed by atoms with Gasteiger partial charge in [-0.2, -0.15) is 0 Å². The lowest BCUT2D eigenvalue weighted by Crippen LogP contribution is -2.30. The number of esters is 3. The number of unbranched alkanes of at least 4 members (excludes halogenated alkanes) is 26. The summed E-state index contributed by atoms with van der Waals surface area (Å²) >= 11 is 0. The lowest BCUT2D eigenvalue weighted by Gasteiger charge is -2.18. The molecule has 0 radical (unpaired) electrons. The molecule has 6 heteroatoms. The Bertz CT molecular complexity index is 1230. The topological polar surface area (TPSA) is 78.9 Å². The van der Waals surface area contributed by atoms with Crippen LogP contribution < -0.4 is 0 Å². The predicted molar refractivity (Wildman–Crippen MR) is 279 cm³/mol. The van der Waals surface area contributed by atoms with Gasteiger partial charge in [0.1, 0.15) is 13.2 Å². The van der Waals surface area contributed by atoms with E-state index in [2.05, 4.69) is 93.7 Å². The number of hydrogen-bond donors (Lipinski definition) is 0. The summed E-state index contributed by atoms with van der Waals surface area (Å²) in [6.45, 7) is 6.50. The van der Waals surface area contributed by atoms with Crippen LogP contribution in [0.3, 0.4) is 0 Å². The average molecular weight is 907 g/mol. The van der Waals surface area contributed by atoms with Crippen molar-refractivity contribution in [3.63, 3.8) is 0 Å². The van der Waals surface area contributed by atoms with Crippen LogP contribution in [0, 0.1) is 0 Å². The minimum absolute atomic E-state index is 0.0878. The molecule has 0 fully saturated rings. The molecular formula is C59H102O6. The van der Waals surface area contributed by atoms with Gasteiger partial charge in [0.15, 0.2) is 6.10 Å². The highest BCUT2D eigenvalue weighted by Gasteiger charge is 2.19. The molecule has 374 valence electrons. The summed E-state index contributed by atoms with van der Waals surface area (Å²) in [5, 5.41) is 0. The van der Waals surface area contributed by atoms with Crippen molar-refractivity contribution in [2.45, 2.75) is 271 Å². The van der Waals surface area contributed by atoms with Gasteiger partial charge < -0.3 is 14.2 Å². The van der Waals surface area contributed by atoms with Crippen LogP contribution in [-0.2, 0) is 28.6 Å². The second-order valence-electron chi connectivity index (χ2n) is 18.1.